The van der Waals surface area contributed by atoms with Crippen molar-refractivity contribution in [3.05, 3.63) is 34.9 Å². The summed E-state index contributed by atoms with van der Waals surface area (Å²) in [6.45, 7) is 10.5. The molecule has 21 heavy (non-hydrogen) atoms. The molecule has 1 saturated heterocycles. The Bertz CT molecular complexity index is 439. The van der Waals surface area contributed by atoms with Gasteiger partial charge in [0.25, 0.3) is 0 Å². The first-order valence-electron chi connectivity index (χ1n) is 8.24. The van der Waals surface area contributed by atoms with Crippen molar-refractivity contribution in [3.63, 3.8) is 0 Å². The Morgan fingerprint density at radius 3 is 2.57 bits per heavy atom. The van der Waals surface area contributed by atoms with Crippen molar-refractivity contribution in [2.24, 2.45) is 5.73 Å². The third-order valence-electron chi connectivity index (χ3n) is 4.74. The number of nitrogens with two attached hydrogens (primary N) is 1. The predicted molar refractivity (Wildman–Crippen MR) is 88.5 cm³/mol. The normalized spacial score (nSPS) is 18.9. The molecule has 2 rings (SSSR count). The second-order valence-electron chi connectivity index (χ2n) is 6.27. The minimum Gasteiger partial charge on any atom is -0.378 e. The second kappa shape index (κ2) is 7.92. The van der Waals surface area contributed by atoms with Gasteiger partial charge < -0.3 is 10.5 Å². The largest absolute Gasteiger partial charge is 0.378 e. The molecule has 1 aromatic carbocycles. The summed E-state index contributed by atoms with van der Waals surface area (Å²) in [5, 5.41) is 0. The summed E-state index contributed by atoms with van der Waals surface area (Å²) < 4.78 is 5.89. The van der Waals surface area contributed by atoms with Crippen LogP contribution in [0.2, 0.25) is 0 Å². The first kappa shape index (κ1) is 16.5. The lowest BCUT2D eigenvalue weighted by atomic mass is 9.98. The summed E-state index contributed by atoms with van der Waals surface area (Å²) in [7, 11) is 0. The molecule has 0 saturated carbocycles. The van der Waals surface area contributed by atoms with Crippen LogP contribution in [-0.4, -0.2) is 37.2 Å². The Labute approximate surface area is 129 Å². The van der Waals surface area contributed by atoms with E-state index < -0.39 is 0 Å². The minimum atomic E-state index is 0.430. The first-order valence-corrected chi connectivity index (χ1v) is 8.24. The second-order valence-corrected chi connectivity index (χ2v) is 6.27. The molecular formula is C18H30N2O. The summed E-state index contributed by atoms with van der Waals surface area (Å²) in [5.74, 6) is 0. The molecule has 0 bridgehead atoms. The average Bonchev–Trinajstić information content (AvgIpc) is 2.50. The van der Waals surface area contributed by atoms with Gasteiger partial charge in [0, 0.05) is 25.7 Å². The molecule has 1 aliphatic rings. The van der Waals surface area contributed by atoms with Crippen molar-refractivity contribution in [3.8, 4) is 0 Å². The van der Waals surface area contributed by atoms with Crippen LogP contribution in [0.25, 0.3) is 0 Å². The van der Waals surface area contributed by atoms with Crippen LogP contribution in [0.1, 0.15) is 48.9 Å². The number of hydrogen-bond donors (Lipinski definition) is 1. The summed E-state index contributed by atoms with van der Waals surface area (Å²) in [6.07, 6.45) is 3.68. The van der Waals surface area contributed by atoms with E-state index in [0.717, 1.165) is 45.5 Å². The summed E-state index contributed by atoms with van der Waals surface area (Å²) in [4.78, 5) is 2.58. The summed E-state index contributed by atoms with van der Waals surface area (Å²) >= 11 is 0. The quantitative estimate of drug-likeness (QED) is 0.818. The van der Waals surface area contributed by atoms with Crippen molar-refractivity contribution in [1.29, 1.82) is 0 Å². The zero-order valence-corrected chi connectivity index (χ0v) is 13.8. The molecule has 118 valence electrons. The van der Waals surface area contributed by atoms with Gasteiger partial charge in [-0.2, -0.15) is 0 Å². The van der Waals surface area contributed by atoms with Gasteiger partial charge in [-0.05, 0) is 63.3 Å². The van der Waals surface area contributed by atoms with Gasteiger partial charge in [0.15, 0.2) is 0 Å². The molecule has 0 amide bonds. The van der Waals surface area contributed by atoms with Gasteiger partial charge in [-0.3, -0.25) is 4.90 Å². The van der Waals surface area contributed by atoms with Crippen molar-refractivity contribution < 1.29 is 4.74 Å². The number of likely N-dealkylation sites (tertiary alicyclic amines) is 1. The van der Waals surface area contributed by atoms with Gasteiger partial charge in [0.05, 0.1) is 6.10 Å². The van der Waals surface area contributed by atoms with E-state index in [1.54, 1.807) is 0 Å². The SMILES string of the molecule is Cc1ccc(C(C)N2CCC(OCCCN)CC2)cc1C. The number of aryl methyl sites for hydroxylation is 2. The van der Waals surface area contributed by atoms with E-state index in [1.807, 2.05) is 0 Å². The highest BCUT2D eigenvalue weighted by atomic mass is 16.5. The maximum absolute atomic E-state index is 5.89. The lowest BCUT2D eigenvalue weighted by molar-refractivity contribution is -0.000752. The van der Waals surface area contributed by atoms with Crippen LogP contribution in [0.3, 0.4) is 0 Å². The molecule has 2 N–H and O–H groups in total. The highest BCUT2D eigenvalue weighted by Gasteiger charge is 2.23. The van der Waals surface area contributed by atoms with E-state index in [1.165, 1.54) is 16.7 Å². The van der Waals surface area contributed by atoms with Gasteiger partial charge >= 0.3 is 0 Å². The molecule has 1 atom stereocenters. The number of hydrogen-bond acceptors (Lipinski definition) is 3. The molecule has 3 nitrogen and oxygen atoms in total. The predicted octanol–water partition coefficient (Wildman–Crippen LogP) is 3.19. The van der Waals surface area contributed by atoms with Gasteiger partial charge in [-0.15, -0.1) is 0 Å². The fraction of sp³-hybridized carbons (Fsp3) is 0.667. The smallest absolute Gasteiger partial charge is 0.0599 e. The van der Waals surface area contributed by atoms with Gasteiger partial charge in [0.2, 0.25) is 0 Å². The molecule has 0 aliphatic carbocycles. The molecule has 1 fully saturated rings. The topological polar surface area (TPSA) is 38.5 Å². The van der Waals surface area contributed by atoms with Crippen LogP contribution in [-0.2, 0) is 4.74 Å². The molecular weight excluding hydrogens is 260 g/mol. The maximum atomic E-state index is 5.89. The standard InChI is InChI=1S/C18H30N2O/c1-14-5-6-17(13-15(14)2)16(3)20-10-7-18(8-11-20)21-12-4-9-19/h5-6,13,16,18H,4,7-12,19H2,1-3H3. The Kier molecular flexibility index (Phi) is 6.22. The van der Waals surface area contributed by atoms with Crippen LogP contribution in [0.4, 0.5) is 0 Å². The Morgan fingerprint density at radius 1 is 1.24 bits per heavy atom. The monoisotopic (exact) mass is 290 g/mol. The number of ether oxygens (including phenoxy) is 1. The van der Waals surface area contributed by atoms with Crippen LogP contribution in [0.15, 0.2) is 18.2 Å². The Morgan fingerprint density at radius 2 is 1.95 bits per heavy atom. The van der Waals surface area contributed by atoms with Gasteiger partial charge in [-0.25, -0.2) is 0 Å². The summed E-state index contributed by atoms with van der Waals surface area (Å²) in [6, 6.07) is 7.35. The van der Waals surface area contributed by atoms with E-state index in [4.69, 9.17) is 10.5 Å². The molecule has 0 aromatic heterocycles. The molecule has 1 aliphatic heterocycles. The molecule has 0 spiro atoms. The lowest BCUT2D eigenvalue weighted by Crippen LogP contribution is -2.38. The fourth-order valence-corrected chi connectivity index (χ4v) is 3.00. The third kappa shape index (κ3) is 4.53. The third-order valence-corrected chi connectivity index (χ3v) is 4.74. The number of rotatable bonds is 6. The van der Waals surface area contributed by atoms with E-state index in [0.29, 0.717) is 12.1 Å². The lowest BCUT2D eigenvalue weighted by Gasteiger charge is -2.36. The highest BCUT2D eigenvalue weighted by molar-refractivity contribution is 5.31. The van der Waals surface area contributed by atoms with Crippen molar-refractivity contribution in [2.45, 2.75) is 52.2 Å². The fourth-order valence-electron chi connectivity index (χ4n) is 3.00. The molecule has 3 heteroatoms. The number of nitrogens with zero attached hydrogens (tertiary/aromatic N) is 1. The molecule has 1 unspecified atom stereocenters. The zero-order valence-electron chi connectivity index (χ0n) is 13.8. The summed E-state index contributed by atoms with van der Waals surface area (Å²) in [5.41, 5.74) is 9.70. The molecule has 0 radical (unpaired) electrons. The number of benzene rings is 1. The van der Waals surface area contributed by atoms with Crippen molar-refractivity contribution >= 4 is 0 Å². The number of piperidine rings is 1. The molecule has 1 heterocycles. The van der Waals surface area contributed by atoms with Gasteiger partial charge in [0.1, 0.15) is 0 Å². The van der Waals surface area contributed by atoms with Crippen molar-refractivity contribution in [1.82, 2.24) is 4.90 Å². The van der Waals surface area contributed by atoms with Crippen LogP contribution in [0, 0.1) is 13.8 Å². The maximum Gasteiger partial charge on any atom is 0.0599 e. The van der Waals surface area contributed by atoms with Gasteiger partial charge in [-0.1, -0.05) is 18.2 Å². The van der Waals surface area contributed by atoms with Crippen LogP contribution < -0.4 is 5.73 Å². The van der Waals surface area contributed by atoms with E-state index in [2.05, 4.69) is 43.9 Å². The average molecular weight is 290 g/mol. The highest BCUT2D eigenvalue weighted by Crippen LogP contribution is 2.26. The van der Waals surface area contributed by atoms with Crippen molar-refractivity contribution in [2.75, 3.05) is 26.2 Å². The van der Waals surface area contributed by atoms with E-state index in [-0.39, 0.29) is 0 Å². The van der Waals surface area contributed by atoms with E-state index in [9.17, 15) is 0 Å². The Hall–Kier alpha value is -0.900. The van der Waals surface area contributed by atoms with Crippen LogP contribution >= 0.6 is 0 Å². The first-order chi connectivity index (χ1) is 10.1. The van der Waals surface area contributed by atoms with E-state index >= 15 is 0 Å². The van der Waals surface area contributed by atoms with Crippen LogP contribution in [0.5, 0.6) is 0 Å². The zero-order chi connectivity index (χ0) is 15.2. The molecule has 1 aromatic rings. The minimum absolute atomic E-state index is 0.430. The Balaban J connectivity index is 1.85.